The van der Waals surface area contributed by atoms with Gasteiger partial charge in [-0.25, -0.2) is 14.6 Å². The number of aromatic nitrogens is 1. The van der Waals surface area contributed by atoms with E-state index in [2.05, 4.69) is 4.99 Å². The number of allylic oxidation sites excluding steroid dienone is 1. The van der Waals surface area contributed by atoms with E-state index >= 15 is 0 Å². The molecule has 204 valence electrons. The standard InChI is InChI=1S/C30H26N2O7S/c1-16(2)38-29(36)25-17(3)31-30-32(26(25)18-8-10-21(37-4)11-9-18)27(33)24(40-30)15-22-12-13-23(39-22)19-6-5-7-20(14-19)28(34)35/h5-16,26H,1-4H3,(H,34,35)/t26-/m1/s1. The monoisotopic (exact) mass is 558 g/mol. The van der Waals surface area contributed by atoms with Crippen molar-refractivity contribution in [2.45, 2.75) is 32.9 Å². The highest BCUT2D eigenvalue weighted by atomic mass is 32.1. The van der Waals surface area contributed by atoms with Gasteiger partial charge in [-0.05, 0) is 62.7 Å². The van der Waals surface area contributed by atoms with Crippen molar-refractivity contribution in [3.05, 3.63) is 109 Å². The topological polar surface area (TPSA) is 120 Å². The zero-order valence-corrected chi connectivity index (χ0v) is 23.0. The summed E-state index contributed by atoms with van der Waals surface area (Å²) in [7, 11) is 1.57. The molecule has 0 bridgehead atoms. The van der Waals surface area contributed by atoms with E-state index in [1.54, 1.807) is 70.4 Å². The number of methoxy groups -OCH3 is 1. The Bertz CT molecular complexity index is 1820. The van der Waals surface area contributed by atoms with Crippen LogP contribution in [0.5, 0.6) is 5.75 Å². The van der Waals surface area contributed by atoms with E-state index < -0.39 is 18.0 Å². The van der Waals surface area contributed by atoms with E-state index in [4.69, 9.17) is 13.9 Å². The number of fused-ring (bicyclic) bond motifs is 1. The molecule has 1 aliphatic heterocycles. The molecule has 0 spiro atoms. The van der Waals surface area contributed by atoms with Gasteiger partial charge in [-0.2, -0.15) is 0 Å². The fourth-order valence-corrected chi connectivity index (χ4v) is 5.51. The molecule has 2 aromatic carbocycles. The molecule has 5 rings (SSSR count). The predicted octanol–water partition coefficient (Wildman–Crippen LogP) is 4.15. The van der Waals surface area contributed by atoms with Crippen LogP contribution in [0.15, 0.2) is 86.1 Å². The van der Waals surface area contributed by atoms with Gasteiger partial charge >= 0.3 is 11.9 Å². The predicted molar refractivity (Wildman–Crippen MR) is 149 cm³/mol. The van der Waals surface area contributed by atoms with Crippen LogP contribution in [0.25, 0.3) is 17.4 Å². The van der Waals surface area contributed by atoms with E-state index in [1.807, 2.05) is 12.1 Å². The van der Waals surface area contributed by atoms with E-state index in [0.717, 1.165) is 0 Å². The van der Waals surface area contributed by atoms with Gasteiger partial charge in [0.1, 0.15) is 17.3 Å². The maximum atomic E-state index is 13.8. The van der Waals surface area contributed by atoms with E-state index in [9.17, 15) is 19.5 Å². The third-order valence-corrected chi connectivity index (χ3v) is 7.29. The highest BCUT2D eigenvalue weighted by Crippen LogP contribution is 2.32. The summed E-state index contributed by atoms with van der Waals surface area (Å²) in [5, 5.41) is 9.29. The number of hydrogen-bond acceptors (Lipinski definition) is 8. The zero-order valence-electron chi connectivity index (χ0n) is 22.2. The number of carboxylic acids is 1. The Hall–Kier alpha value is -4.70. The molecule has 1 aliphatic rings. The van der Waals surface area contributed by atoms with Gasteiger partial charge in [0.05, 0.1) is 40.6 Å². The SMILES string of the molecule is COc1ccc([C@@H]2C(C(=O)OC(C)C)=C(C)N=c3sc(=Cc4ccc(-c5cccc(C(=O)O)c5)o4)c(=O)n32)cc1. The molecule has 1 atom stereocenters. The first-order valence-electron chi connectivity index (χ1n) is 12.5. The molecule has 4 aromatic rings. The van der Waals surface area contributed by atoms with Gasteiger partial charge < -0.3 is 19.0 Å². The highest BCUT2D eigenvalue weighted by Gasteiger charge is 2.33. The van der Waals surface area contributed by atoms with Gasteiger partial charge in [0.2, 0.25) is 0 Å². The molecule has 0 radical (unpaired) electrons. The third kappa shape index (κ3) is 5.13. The molecule has 40 heavy (non-hydrogen) atoms. The summed E-state index contributed by atoms with van der Waals surface area (Å²) < 4.78 is 18.6. The molecule has 9 nitrogen and oxygen atoms in total. The van der Waals surface area contributed by atoms with Crippen LogP contribution in [-0.2, 0) is 9.53 Å². The average molecular weight is 559 g/mol. The van der Waals surface area contributed by atoms with Crippen LogP contribution in [0.4, 0.5) is 0 Å². The van der Waals surface area contributed by atoms with E-state index in [0.29, 0.717) is 43.4 Å². The van der Waals surface area contributed by atoms with Crippen molar-refractivity contribution in [2.24, 2.45) is 4.99 Å². The number of thiazole rings is 1. The van der Waals surface area contributed by atoms with Gasteiger partial charge in [0.15, 0.2) is 4.80 Å². The maximum Gasteiger partial charge on any atom is 0.338 e. The molecule has 10 heteroatoms. The number of rotatable bonds is 7. The smallest absolute Gasteiger partial charge is 0.338 e. The Morgan fingerprint density at radius 1 is 1.12 bits per heavy atom. The number of carbonyl (C=O) groups is 2. The quantitative estimate of drug-likeness (QED) is 0.338. The Morgan fingerprint density at radius 3 is 2.55 bits per heavy atom. The summed E-state index contributed by atoms with van der Waals surface area (Å²) in [6.45, 7) is 5.26. The molecule has 0 amide bonds. The Kier molecular flexibility index (Phi) is 7.27. The minimum Gasteiger partial charge on any atom is -0.497 e. The largest absolute Gasteiger partial charge is 0.497 e. The Morgan fingerprint density at radius 2 is 1.88 bits per heavy atom. The van der Waals surface area contributed by atoms with E-state index in [-0.39, 0.29) is 22.8 Å². The molecular formula is C30H26N2O7S. The summed E-state index contributed by atoms with van der Waals surface area (Å²) in [4.78, 5) is 43.4. The lowest BCUT2D eigenvalue weighted by Gasteiger charge is -2.25. The Labute approximate surface area is 232 Å². The molecule has 0 saturated carbocycles. The summed E-state index contributed by atoms with van der Waals surface area (Å²) in [6.07, 6.45) is 1.27. The number of carboxylic acid groups (broad SMARTS) is 1. The van der Waals surface area contributed by atoms with Crippen molar-refractivity contribution in [3.8, 4) is 17.1 Å². The van der Waals surface area contributed by atoms with Crippen LogP contribution in [0.3, 0.4) is 0 Å². The van der Waals surface area contributed by atoms with Crippen LogP contribution in [0.2, 0.25) is 0 Å². The normalized spacial score (nSPS) is 15.1. The lowest BCUT2D eigenvalue weighted by atomic mass is 9.96. The van der Waals surface area contributed by atoms with Gasteiger partial charge in [-0.1, -0.05) is 35.6 Å². The van der Waals surface area contributed by atoms with Crippen LogP contribution in [-0.4, -0.2) is 34.8 Å². The van der Waals surface area contributed by atoms with Crippen LogP contribution in [0.1, 0.15) is 48.5 Å². The van der Waals surface area contributed by atoms with Crippen molar-refractivity contribution in [2.75, 3.05) is 7.11 Å². The molecule has 0 unspecified atom stereocenters. The Balaban J connectivity index is 1.61. The minimum atomic E-state index is -1.03. The fraction of sp³-hybridized carbons (Fsp3) is 0.200. The molecule has 2 aromatic heterocycles. The fourth-order valence-electron chi connectivity index (χ4n) is 4.48. The number of nitrogens with zero attached hydrogens (tertiary/aromatic N) is 2. The molecule has 0 saturated heterocycles. The van der Waals surface area contributed by atoms with Crippen LogP contribution >= 0.6 is 11.3 Å². The lowest BCUT2D eigenvalue weighted by Crippen LogP contribution is -2.40. The first kappa shape index (κ1) is 26.9. The average Bonchev–Trinajstić information content (AvgIpc) is 3.52. The number of benzene rings is 2. The molecule has 0 fully saturated rings. The lowest BCUT2D eigenvalue weighted by molar-refractivity contribution is -0.143. The third-order valence-electron chi connectivity index (χ3n) is 6.31. The first-order valence-corrected chi connectivity index (χ1v) is 13.3. The number of furan rings is 1. The van der Waals surface area contributed by atoms with E-state index in [1.165, 1.54) is 28.0 Å². The number of esters is 1. The zero-order chi connectivity index (χ0) is 28.6. The van der Waals surface area contributed by atoms with Gasteiger partial charge in [-0.3, -0.25) is 9.36 Å². The van der Waals surface area contributed by atoms with Crippen molar-refractivity contribution in [3.63, 3.8) is 0 Å². The first-order chi connectivity index (χ1) is 19.2. The van der Waals surface area contributed by atoms with Gasteiger partial charge in [0.25, 0.3) is 5.56 Å². The summed E-state index contributed by atoms with van der Waals surface area (Å²) in [5.41, 5.74) is 1.87. The van der Waals surface area contributed by atoms with Gasteiger partial charge in [0, 0.05) is 11.6 Å². The van der Waals surface area contributed by atoms with Crippen molar-refractivity contribution < 1.29 is 28.6 Å². The van der Waals surface area contributed by atoms with Crippen molar-refractivity contribution >= 4 is 29.4 Å². The molecule has 1 N–H and O–H groups in total. The number of ether oxygens (including phenoxy) is 2. The molecule has 0 aliphatic carbocycles. The second-order valence-corrected chi connectivity index (χ2v) is 10.4. The minimum absolute atomic E-state index is 0.143. The number of hydrogen-bond donors (Lipinski definition) is 1. The number of aromatic carboxylic acids is 1. The van der Waals surface area contributed by atoms with Crippen molar-refractivity contribution in [1.29, 1.82) is 0 Å². The van der Waals surface area contributed by atoms with Crippen LogP contribution < -0.4 is 19.6 Å². The molecular weight excluding hydrogens is 532 g/mol. The highest BCUT2D eigenvalue weighted by molar-refractivity contribution is 7.07. The summed E-state index contributed by atoms with van der Waals surface area (Å²) >= 11 is 1.19. The summed E-state index contributed by atoms with van der Waals surface area (Å²) in [5.74, 6) is -0.0469. The molecule has 3 heterocycles. The summed E-state index contributed by atoms with van der Waals surface area (Å²) in [6, 6.07) is 16.3. The number of carbonyl (C=O) groups excluding carboxylic acids is 1. The maximum absolute atomic E-state index is 13.8. The van der Waals surface area contributed by atoms with Gasteiger partial charge in [-0.15, -0.1) is 0 Å². The van der Waals surface area contributed by atoms with Crippen molar-refractivity contribution in [1.82, 2.24) is 4.57 Å². The van der Waals surface area contributed by atoms with Crippen LogP contribution in [0, 0.1) is 0 Å². The second kappa shape index (κ2) is 10.8. The second-order valence-electron chi connectivity index (χ2n) is 9.40.